The number of para-hydroxylation sites is 1. The summed E-state index contributed by atoms with van der Waals surface area (Å²) in [6, 6.07) is 38.3. The largest absolute Gasteiger partial charge is 0.504 e. The Hall–Kier alpha value is -5.94. The number of benzene rings is 7. The average molecular weight is 561 g/mol. The molecule has 8 rings (SSSR count). The Kier molecular flexibility index (Phi) is 5.37. The molecule has 0 amide bonds. The molecular formula is C38H24O5. The average Bonchev–Trinajstić information content (AvgIpc) is 3.43. The Morgan fingerprint density at radius 3 is 1.42 bits per heavy atom. The molecule has 5 heteroatoms. The molecule has 43 heavy (non-hydrogen) atoms. The first-order valence-corrected chi connectivity index (χ1v) is 13.9. The number of rotatable bonds is 3. The first-order valence-electron chi connectivity index (χ1n) is 13.9. The van der Waals surface area contributed by atoms with Gasteiger partial charge in [0.15, 0.2) is 23.0 Å². The quantitative estimate of drug-likeness (QED) is 0.0980. The minimum atomic E-state index is -0.539. The highest BCUT2D eigenvalue weighted by molar-refractivity contribution is 6.23. The maximum Gasteiger partial charge on any atom is 0.170 e. The van der Waals surface area contributed by atoms with Gasteiger partial charge >= 0.3 is 0 Å². The predicted molar refractivity (Wildman–Crippen MR) is 172 cm³/mol. The zero-order valence-corrected chi connectivity index (χ0v) is 22.7. The monoisotopic (exact) mass is 560 g/mol. The highest BCUT2D eigenvalue weighted by atomic mass is 16.3. The normalized spacial score (nSPS) is 11.6. The van der Waals surface area contributed by atoms with Gasteiger partial charge in [-0.1, -0.05) is 109 Å². The molecule has 0 bridgehead atoms. The van der Waals surface area contributed by atoms with Crippen LogP contribution in [-0.2, 0) is 0 Å². The summed E-state index contributed by atoms with van der Waals surface area (Å²) >= 11 is 0. The van der Waals surface area contributed by atoms with Crippen molar-refractivity contribution in [3.63, 3.8) is 0 Å². The molecule has 0 saturated carbocycles. The van der Waals surface area contributed by atoms with E-state index in [1.54, 1.807) is 18.2 Å². The van der Waals surface area contributed by atoms with Crippen molar-refractivity contribution in [3.05, 3.63) is 121 Å². The first kappa shape index (κ1) is 24.8. The summed E-state index contributed by atoms with van der Waals surface area (Å²) in [6.45, 7) is 0. The topological polar surface area (TPSA) is 94.1 Å². The fourth-order valence-corrected chi connectivity index (χ4v) is 6.49. The third kappa shape index (κ3) is 3.52. The number of hydrogen-bond donors (Lipinski definition) is 4. The van der Waals surface area contributed by atoms with Crippen molar-refractivity contribution < 1.29 is 24.8 Å². The molecule has 0 radical (unpaired) electrons. The van der Waals surface area contributed by atoms with E-state index in [0.717, 1.165) is 38.1 Å². The van der Waals surface area contributed by atoms with E-state index in [1.807, 2.05) is 91.0 Å². The van der Waals surface area contributed by atoms with E-state index in [4.69, 9.17) is 4.42 Å². The highest BCUT2D eigenvalue weighted by Crippen LogP contribution is 2.58. The third-order valence-electron chi connectivity index (χ3n) is 8.31. The summed E-state index contributed by atoms with van der Waals surface area (Å²) in [5.74, 6) is -2.14. The molecule has 0 unspecified atom stereocenters. The van der Waals surface area contributed by atoms with Crippen molar-refractivity contribution in [2.75, 3.05) is 0 Å². The fraction of sp³-hybridized carbons (Fsp3) is 0. The molecule has 0 aliphatic heterocycles. The third-order valence-corrected chi connectivity index (χ3v) is 8.31. The van der Waals surface area contributed by atoms with Gasteiger partial charge in [0.2, 0.25) is 0 Å². The van der Waals surface area contributed by atoms with Gasteiger partial charge in [-0.25, -0.2) is 0 Å². The van der Waals surface area contributed by atoms with Crippen molar-refractivity contribution >= 4 is 43.5 Å². The summed E-state index contributed by atoms with van der Waals surface area (Å²) in [6.07, 6.45) is 0. The van der Waals surface area contributed by atoms with Gasteiger partial charge in [-0.3, -0.25) is 0 Å². The molecule has 7 aromatic carbocycles. The number of hydrogen-bond acceptors (Lipinski definition) is 5. The Labute approximate surface area is 245 Å². The maximum atomic E-state index is 11.7. The molecule has 0 aliphatic rings. The number of fused-ring (bicyclic) bond motifs is 5. The van der Waals surface area contributed by atoms with Crippen LogP contribution in [0.3, 0.4) is 0 Å². The summed E-state index contributed by atoms with van der Waals surface area (Å²) in [5, 5.41) is 51.3. The molecule has 0 spiro atoms. The van der Waals surface area contributed by atoms with Gasteiger partial charge in [-0.15, -0.1) is 0 Å². The van der Waals surface area contributed by atoms with Crippen LogP contribution in [0, 0.1) is 0 Å². The van der Waals surface area contributed by atoms with Crippen LogP contribution in [0.1, 0.15) is 0 Å². The maximum absolute atomic E-state index is 11.7. The lowest BCUT2D eigenvalue weighted by Gasteiger charge is -2.21. The second kappa shape index (κ2) is 9.29. The van der Waals surface area contributed by atoms with Crippen molar-refractivity contribution in [2.24, 2.45) is 0 Å². The van der Waals surface area contributed by atoms with Gasteiger partial charge < -0.3 is 24.8 Å². The van der Waals surface area contributed by atoms with Crippen LogP contribution in [0.25, 0.3) is 76.9 Å². The lowest BCUT2D eigenvalue weighted by atomic mass is 9.84. The van der Waals surface area contributed by atoms with Gasteiger partial charge in [-0.2, -0.15) is 0 Å². The lowest BCUT2D eigenvalue weighted by Crippen LogP contribution is -1.93. The fourth-order valence-electron chi connectivity index (χ4n) is 6.49. The first-order chi connectivity index (χ1) is 21.0. The second-order valence-corrected chi connectivity index (χ2v) is 10.6. The van der Waals surface area contributed by atoms with Crippen molar-refractivity contribution in [2.45, 2.75) is 0 Å². The molecule has 0 aliphatic carbocycles. The van der Waals surface area contributed by atoms with E-state index in [2.05, 4.69) is 12.1 Å². The number of phenolic OH excluding ortho intramolecular Hbond substituents is 4. The Bertz CT molecular complexity index is 2300. The zero-order valence-electron chi connectivity index (χ0n) is 22.7. The number of aromatic hydroxyl groups is 4. The summed E-state index contributed by atoms with van der Waals surface area (Å²) < 4.78 is 6.00. The summed E-state index contributed by atoms with van der Waals surface area (Å²) in [7, 11) is 0. The standard InChI is InChI=1S/C38H24O5/c39-35-33(27-18-10-20-29-31(27)26-17-8-9-19-28(26)43-29)36(40)38(42)34(37(35)41)32-24-15-6-4-13-22(24)30(21-11-2-1-3-12-21)23-14-5-7-16-25(23)32/h1-20,39-42H. The number of furan rings is 1. The van der Waals surface area contributed by atoms with Gasteiger partial charge in [0.1, 0.15) is 11.2 Å². The molecule has 0 fully saturated rings. The molecule has 4 N–H and O–H groups in total. The van der Waals surface area contributed by atoms with Crippen LogP contribution in [0.5, 0.6) is 23.0 Å². The molecule has 0 saturated heterocycles. The summed E-state index contributed by atoms with van der Waals surface area (Å²) in [4.78, 5) is 0. The smallest absolute Gasteiger partial charge is 0.170 e. The molecule has 1 aromatic heterocycles. The molecule has 5 nitrogen and oxygen atoms in total. The number of phenols is 4. The predicted octanol–water partition coefficient (Wildman–Crippen LogP) is 9.72. The Morgan fingerprint density at radius 1 is 0.349 bits per heavy atom. The van der Waals surface area contributed by atoms with E-state index in [1.165, 1.54) is 0 Å². The Morgan fingerprint density at radius 2 is 0.814 bits per heavy atom. The molecule has 0 atom stereocenters. The SMILES string of the molecule is Oc1c(O)c(-c2cccc3oc4ccccc4c23)c(O)c(O)c1-c1c2ccccc2c(-c2ccccc2)c2ccccc12. The van der Waals surface area contributed by atoms with Crippen LogP contribution in [0.2, 0.25) is 0 Å². The molecule has 1 heterocycles. The van der Waals surface area contributed by atoms with E-state index < -0.39 is 23.0 Å². The van der Waals surface area contributed by atoms with E-state index in [-0.39, 0.29) is 11.1 Å². The van der Waals surface area contributed by atoms with Gasteiger partial charge in [-0.05, 0) is 44.8 Å². The molecule has 206 valence electrons. The Balaban J connectivity index is 1.48. The van der Waals surface area contributed by atoms with Crippen LogP contribution in [0.4, 0.5) is 0 Å². The van der Waals surface area contributed by atoms with Gasteiger partial charge in [0.25, 0.3) is 0 Å². The minimum Gasteiger partial charge on any atom is -0.504 e. The van der Waals surface area contributed by atoms with Crippen LogP contribution in [-0.4, -0.2) is 20.4 Å². The second-order valence-electron chi connectivity index (χ2n) is 10.6. The van der Waals surface area contributed by atoms with Gasteiger partial charge in [0, 0.05) is 21.9 Å². The van der Waals surface area contributed by atoms with Crippen molar-refractivity contribution in [1.29, 1.82) is 0 Å². The van der Waals surface area contributed by atoms with Crippen LogP contribution in [0.15, 0.2) is 126 Å². The lowest BCUT2D eigenvalue weighted by molar-refractivity contribution is 0.378. The van der Waals surface area contributed by atoms with E-state index in [9.17, 15) is 20.4 Å². The van der Waals surface area contributed by atoms with Crippen molar-refractivity contribution in [3.8, 4) is 56.4 Å². The minimum absolute atomic E-state index is 0.0463. The van der Waals surface area contributed by atoms with E-state index in [0.29, 0.717) is 27.7 Å². The van der Waals surface area contributed by atoms with Crippen LogP contribution < -0.4 is 0 Å². The summed E-state index contributed by atoms with van der Waals surface area (Å²) in [5.41, 5.74) is 4.03. The van der Waals surface area contributed by atoms with Crippen molar-refractivity contribution in [1.82, 2.24) is 0 Å². The van der Waals surface area contributed by atoms with Gasteiger partial charge in [0.05, 0.1) is 11.1 Å². The van der Waals surface area contributed by atoms with E-state index >= 15 is 0 Å². The van der Waals surface area contributed by atoms with Crippen LogP contribution >= 0.6 is 0 Å². The molecule has 8 aromatic rings. The molecular weight excluding hydrogens is 536 g/mol. The highest BCUT2D eigenvalue weighted by Gasteiger charge is 2.30. The zero-order chi connectivity index (χ0) is 29.2.